The minimum absolute atomic E-state index is 0. The van der Waals surface area contributed by atoms with Gasteiger partial charge in [0, 0.05) is 51.6 Å². The van der Waals surface area contributed by atoms with Crippen LogP contribution in [0.15, 0.2) is 23.3 Å². The van der Waals surface area contributed by atoms with Crippen molar-refractivity contribution in [3.63, 3.8) is 0 Å². The van der Waals surface area contributed by atoms with Crippen molar-refractivity contribution in [2.24, 2.45) is 4.99 Å². The van der Waals surface area contributed by atoms with E-state index in [4.69, 9.17) is 9.73 Å². The van der Waals surface area contributed by atoms with Crippen molar-refractivity contribution in [2.45, 2.75) is 38.3 Å². The largest absolute Gasteiger partial charge is 0.383 e. The van der Waals surface area contributed by atoms with Gasteiger partial charge in [-0.05, 0) is 44.9 Å². The van der Waals surface area contributed by atoms with E-state index in [1.807, 2.05) is 4.90 Å². The number of nitrogens with zero attached hydrogens (tertiary/aromatic N) is 4. The average Bonchev–Trinajstić information content (AvgIpc) is 3.34. The van der Waals surface area contributed by atoms with Crippen LogP contribution in [-0.4, -0.2) is 80.9 Å². The van der Waals surface area contributed by atoms with Crippen LogP contribution in [-0.2, 0) is 4.74 Å². The number of guanidine groups is 1. The molecule has 0 spiro atoms. The molecular formula is C20H34FIN6O. The monoisotopic (exact) mass is 520 g/mol. The Morgan fingerprint density at radius 1 is 1.38 bits per heavy atom. The predicted octanol–water partition coefficient (Wildman–Crippen LogP) is 2.08. The number of ether oxygens (including phenoxy) is 1. The van der Waals surface area contributed by atoms with Gasteiger partial charge in [-0.3, -0.25) is 9.89 Å². The highest BCUT2D eigenvalue weighted by atomic mass is 127. The smallest absolute Gasteiger partial charge is 0.191 e. The van der Waals surface area contributed by atoms with E-state index in [1.165, 1.54) is 18.9 Å². The molecule has 29 heavy (non-hydrogen) atoms. The van der Waals surface area contributed by atoms with Crippen molar-refractivity contribution in [3.05, 3.63) is 24.1 Å². The van der Waals surface area contributed by atoms with Crippen molar-refractivity contribution in [1.82, 2.24) is 20.5 Å². The van der Waals surface area contributed by atoms with Crippen LogP contribution in [0.25, 0.3) is 0 Å². The average molecular weight is 520 g/mol. The van der Waals surface area contributed by atoms with Gasteiger partial charge in [0.2, 0.25) is 0 Å². The number of hydrogen-bond acceptors (Lipinski definition) is 5. The molecule has 1 aromatic heterocycles. The SMILES string of the molecule is CCNC(=NCC1CCCN1CCOC)NC1CCN(c2ncccc2F)C1.I. The van der Waals surface area contributed by atoms with E-state index in [2.05, 4.69) is 27.4 Å². The maximum Gasteiger partial charge on any atom is 0.191 e. The quantitative estimate of drug-likeness (QED) is 0.311. The zero-order valence-corrected chi connectivity index (χ0v) is 19.8. The molecule has 1 aromatic rings. The number of aromatic nitrogens is 1. The topological polar surface area (TPSA) is 65.0 Å². The molecule has 0 amide bonds. The van der Waals surface area contributed by atoms with Gasteiger partial charge in [0.05, 0.1) is 13.2 Å². The van der Waals surface area contributed by atoms with E-state index < -0.39 is 0 Å². The third-order valence-electron chi connectivity index (χ3n) is 5.45. The summed E-state index contributed by atoms with van der Waals surface area (Å²) in [6.45, 7) is 8.04. The van der Waals surface area contributed by atoms with Crippen LogP contribution in [0.1, 0.15) is 26.2 Å². The number of likely N-dealkylation sites (tertiary alicyclic amines) is 1. The summed E-state index contributed by atoms with van der Waals surface area (Å²) >= 11 is 0. The van der Waals surface area contributed by atoms with Crippen LogP contribution >= 0.6 is 24.0 Å². The summed E-state index contributed by atoms with van der Waals surface area (Å²) in [4.78, 5) is 13.5. The summed E-state index contributed by atoms with van der Waals surface area (Å²) in [6, 6.07) is 3.80. The maximum atomic E-state index is 14.0. The van der Waals surface area contributed by atoms with E-state index in [0.29, 0.717) is 11.9 Å². The van der Waals surface area contributed by atoms with Gasteiger partial charge in [-0.15, -0.1) is 24.0 Å². The van der Waals surface area contributed by atoms with Crippen LogP contribution in [0.3, 0.4) is 0 Å². The summed E-state index contributed by atoms with van der Waals surface area (Å²) in [7, 11) is 1.75. The van der Waals surface area contributed by atoms with Crippen molar-refractivity contribution < 1.29 is 9.13 Å². The Bertz CT molecular complexity index is 649. The minimum Gasteiger partial charge on any atom is -0.383 e. The fourth-order valence-electron chi connectivity index (χ4n) is 4.00. The third-order valence-corrected chi connectivity index (χ3v) is 5.45. The maximum absolute atomic E-state index is 14.0. The van der Waals surface area contributed by atoms with Gasteiger partial charge in [-0.2, -0.15) is 0 Å². The number of methoxy groups -OCH3 is 1. The molecule has 2 unspecified atom stereocenters. The molecule has 2 aliphatic rings. The van der Waals surface area contributed by atoms with Gasteiger partial charge in [-0.25, -0.2) is 9.37 Å². The molecule has 0 saturated carbocycles. The molecule has 0 radical (unpaired) electrons. The first kappa shape index (κ1) is 24.1. The normalized spacial score (nSPS) is 22.6. The lowest BCUT2D eigenvalue weighted by molar-refractivity contribution is 0.142. The summed E-state index contributed by atoms with van der Waals surface area (Å²) in [6.07, 6.45) is 4.98. The number of aliphatic imine (C=N–C) groups is 1. The predicted molar refractivity (Wildman–Crippen MR) is 126 cm³/mol. The summed E-state index contributed by atoms with van der Waals surface area (Å²) in [5.74, 6) is 1.02. The Labute approximate surface area is 190 Å². The Balaban J connectivity index is 0.00000300. The molecule has 164 valence electrons. The molecule has 2 N–H and O–H groups in total. The summed E-state index contributed by atoms with van der Waals surface area (Å²) in [5.41, 5.74) is 0. The molecule has 2 aliphatic heterocycles. The van der Waals surface area contributed by atoms with Crippen molar-refractivity contribution >= 4 is 35.8 Å². The first-order valence-electron chi connectivity index (χ1n) is 10.3. The second-order valence-corrected chi connectivity index (χ2v) is 7.43. The molecule has 7 nitrogen and oxygen atoms in total. The van der Waals surface area contributed by atoms with Crippen LogP contribution in [0.2, 0.25) is 0 Å². The van der Waals surface area contributed by atoms with E-state index in [0.717, 1.165) is 58.3 Å². The number of rotatable bonds is 8. The van der Waals surface area contributed by atoms with Crippen molar-refractivity contribution in [1.29, 1.82) is 0 Å². The Kier molecular flexibility index (Phi) is 10.4. The number of anilines is 1. The molecule has 2 fully saturated rings. The zero-order chi connectivity index (χ0) is 19.8. The minimum atomic E-state index is -0.263. The van der Waals surface area contributed by atoms with Crippen molar-refractivity contribution in [3.8, 4) is 0 Å². The standard InChI is InChI=1S/C20H33FN6O.HI/c1-3-22-20(24-14-17-6-5-10-26(17)12-13-28-2)25-16-8-11-27(15-16)19-18(21)7-4-9-23-19;/h4,7,9,16-17H,3,5-6,8,10-15H2,1-2H3,(H2,22,24,25);1H. The lowest BCUT2D eigenvalue weighted by Gasteiger charge is -2.24. The van der Waals surface area contributed by atoms with Crippen molar-refractivity contribution in [2.75, 3.05) is 57.9 Å². The third kappa shape index (κ3) is 6.92. The lowest BCUT2D eigenvalue weighted by atomic mass is 10.2. The number of halogens is 2. The Morgan fingerprint density at radius 3 is 3.00 bits per heavy atom. The van der Waals surface area contributed by atoms with Crippen LogP contribution in [0.5, 0.6) is 0 Å². The first-order chi connectivity index (χ1) is 13.7. The second kappa shape index (κ2) is 12.5. The molecule has 3 rings (SSSR count). The Morgan fingerprint density at radius 2 is 2.24 bits per heavy atom. The van der Waals surface area contributed by atoms with Gasteiger partial charge in [0.1, 0.15) is 0 Å². The number of pyridine rings is 1. The number of nitrogens with one attached hydrogen (secondary N) is 2. The van der Waals surface area contributed by atoms with Gasteiger partial charge in [0.25, 0.3) is 0 Å². The second-order valence-electron chi connectivity index (χ2n) is 7.43. The molecule has 2 saturated heterocycles. The van der Waals surface area contributed by atoms with Crippen LogP contribution in [0, 0.1) is 5.82 Å². The fourth-order valence-corrected chi connectivity index (χ4v) is 4.00. The van der Waals surface area contributed by atoms with E-state index in [9.17, 15) is 4.39 Å². The first-order valence-corrected chi connectivity index (χ1v) is 10.3. The fraction of sp³-hybridized carbons (Fsp3) is 0.700. The molecule has 0 aromatic carbocycles. The summed E-state index contributed by atoms with van der Waals surface area (Å²) in [5, 5.41) is 6.87. The van der Waals surface area contributed by atoms with E-state index in [1.54, 1.807) is 19.4 Å². The van der Waals surface area contributed by atoms with Gasteiger partial charge in [-0.1, -0.05) is 0 Å². The van der Waals surface area contributed by atoms with Gasteiger partial charge >= 0.3 is 0 Å². The number of hydrogen-bond donors (Lipinski definition) is 2. The van der Waals surface area contributed by atoms with E-state index in [-0.39, 0.29) is 35.8 Å². The molecule has 3 heterocycles. The van der Waals surface area contributed by atoms with Gasteiger partial charge < -0.3 is 20.3 Å². The van der Waals surface area contributed by atoms with Gasteiger partial charge in [0.15, 0.2) is 17.6 Å². The highest BCUT2D eigenvalue weighted by Crippen LogP contribution is 2.21. The molecule has 0 aliphatic carbocycles. The molecule has 0 bridgehead atoms. The molecule has 9 heteroatoms. The molecular weight excluding hydrogens is 486 g/mol. The van der Waals surface area contributed by atoms with Crippen LogP contribution in [0.4, 0.5) is 10.2 Å². The highest BCUT2D eigenvalue weighted by molar-refractivity contribution is 14.0. The van der Waals surface area contributed by atoms with Crippen LogP contribution < -0.4 is 15.5 Å². The molecule has 2 atom stereocenters. The summed E-state index contributed by atoms with van der Waals surface area (Å²) < 4.78 is 19.2. The van der Waals surface area contributed by atoms with E-state index >= 15 is 0 Å². The lowest BCUT2D eigenvalue weighted by Crippen LogP contribution is -2.45. The highest BCUT2D eigenvalue weighted by Gasteiger charge is 2.27. The Hall–Kier alpha value is -1.20. The zero-order valence-electron chi connectivity index (χ0n) is 17.4.